The fourth-order valence-electron chi connectivity index (χ4n) is 2.24. The van der Waals surface area contributed by atoms with Crippen LogP contribution in [0.4, 0.5) is 0 Å². The average molecular weight is 269 g/mol. The third-order valence-electron chi connectivity index (χ3n) is 3.52. The van der Waals surface area contributed by atoms with Crippen LogP contribution in [0.2, 0.25) is 0 Å². The molecule has 0 aromatic heterocycles. The summed E-state index contributed by atoms with van der Waals surface area (Å²) in [5.74, 6) is 0. The number of hydrogen-bond acceptors (Lipinski definition) is 3. The standard InChI is InChI=1S/C13H19NO3S/c1-13(2)10-14(9-8-12(13)15)18(16,17)11-6-4-3-5-7-11/h3-7,12,15H,8-10H2,1-2H3. The summed E-state index contributed by atoms with van der Waals surface area (Å²) in [6, 6.07) is 8.44. The lowest BCUT2D eigenvalue weighted by molar-refractivity contribution is -0.000313. The monoisotopic (exact) mass is 269 g/mol. The molecular formula is C13H19NO3S. The van der Waals surface area contributed by atoms with Crippen molar-refractivity contribution in [3.63, 3.8) is 0 Å². The van der Waals surface area contributed by atoms with Gasteiger partial charge in [-0.25, -0.2) is 8.42 Å². The summed E-state index contributed by atoms with van der Waals surface area (Å²) >= 11 is 0. The number of aliphatic hydroxyl groups is 1. The second-order valence-electron chi connectivity index (χ2n) is 5.44. The van der Waals surface area contributed by atoms with E-state index in [4.69, 9.17) is 0 Å². The van der Waals surface area contributed by atoms with Gasteiger partial charge in [0.05, 0.1) is 11.0 Å². The minimum Gasteiger partial charge on any atom is -0.392 e. The first-order chi connectivity index (χ1) is 8.34. The molecule has 1 aliphatic rings. The molecule has 5 heteroatoms. The van der Waals surface area contributed by atoms with Gasteiger partial charge < -0.3 is 5.11 Å². The largest absolute Gasteiger partial charge is 0.392 e. The Morgan fingerprint density at radius 1 is 1.28 bits per heavy atom. The smallest absolute Gasteiger partial charge is 0.243 e. The average Bonchev–Trinajstić information content (AvgIpc) is 2.33. The van der Waals surface area contributed by atoms with Crippen LogP contribution in [-0.2, 0) is 10.0 Å². The highest BCUT2D eigenvalue weighted by atomic mass is 32.2. The number of sulfonamides is 1. The maximum atomic E-state index is 12.4. The minimum absolute atomic E-state index is 0.317. The van der Waals surface area contributed by atoms with Gasteiger partial charge in [-0.3, -0.25) is 0 Å². The molecule has 1 aromatic rings. The summed E-state index contributed by atoms with van der Waals surface area (Å²) in [6.07, 6.45) is 0.0405. The molecule has 1 N–H and O–H groups in total. The molecule has 2 rings (SSSR count). The predicted molar refractivity (Wildman–Crippen MR) is 69.6 cm³/mol. The van der Waals surface area contributed by atoms with E-state index in [1.54, 1.807) is 30.3 Å². The van der Waals surface area contributed by atoms with Gasteiger partial charge in [-0.2, -0.15) is 4.31 Å². The van der Waals surface area contributed by atoms with Crippen LogP contribution in [0.25, 0.3) is 0 Å². The summed E-state index contributed by atoms with van der Waals surface area (Å²) in [4.78, 5) is 0.317. The second-order valence-corrected chi connectivity index (χ2v) is 7.38. The predicted octanol–water partition coefficient (Wildman–Crippen LogP) is 1.47. The summed E-state index contributed by atoms with van der Waals surface area (Å²) in [6.45, 7) is 4.52. The molecule has 0 bridgehead atoms. The van der Waals surface area contributed by atoms with E-state index in [1.165, 1.54) is 4.31 Å². The van der Waals surface area contributed by atoms with Crippen LogP contribution in [0.15, 0.2) is 35.2 Å². The molecule has 18 heavy (non-hydrogen) atoms. The number of benzene rings is 1. The molecule has 1 fully saturated rings. The van der Waals surface area contributed by atoms with Gasteiger partial charge in [0.15, 0.2) is 0 Å². The summed E-state index contributed by atoms with van der Waals surface area (Å²) in [5.41, 5.74) is -0.403. The molecule has 0 radical (unpaired) electrons. The molecular weight excluding hydrogens is 250 g/mol. The topological polar surface area (TPSA) is 57.6 Å². The van der Waals surface area contributed by atoms with Gasteiger partial charge in [0, 0.05) is 18.5 Å². The van der Waals surface area contributed by atoms with Gasteiger partial charge in [0.2, 0.25) is 10.0 Å². The highest BCUT2D eigenvalue weighted by Crippen LogP contribution is 2.32. The molecule has 0 amide bonds. The van der Waals surface area contributed by atoms with E-state index < -0.39 is 21.5 Å². The normalized spacial score (nSPS) is 24.9. The van der Waals surface area contributed by atoms with Crippen molar-refractivity contribution in [2.75, 3.05) is 13.1 Å². The van der Waals surface area contributed by atoms with E-state index in [2.05, 4.69) is 0 Å². The first-order valence-electron chi connectivity index (χ1n) is 6.07. The van der Waals surface area contributed by atoms with E-state index >= 15 is 0 Å². The molecule has 0 aliphatic carbocycles. The van der Waals surface area contributed by atoms with Crippen molar-refractivity contribution < 1.29 is 13.5 Å². The molecule has 1 aliphatic heterocycles. The van der Waals surface area contributed by atoms with Crippen molar-refractivity contribution in [2.24, 2.45) is 5.41 Å². The zero-order chi connectivity index (χ0) is 13.4. The lowest BCUT2D eigenvalue weighted by atomic mass is 9.82. The van der Waals surface area contributed by atoms with Crippen LogP contribution >= 0.6 is 0 Å². The van der Waals surface area contributed by atoms with Gasteiger partial charge in [0.25, 0.3) is 0 Å². The van der Waals surface area contributed by atoms with Gasteiger partial charge in [-0.1, -0.05) is 32.0 Å². The first-order valence-corrected chi connectivity index (χ1v) is 7.51. The Morgan fingerprint density at radius 3 is 2.44 bits per heavy atom. The first kappa shape index (κ1) is 13.5. The molecule has 1 atom stereocenters. The van der Waals surface area contributed by atoms with Crippen molar-refractivity contribution in [1.82, 2.24) is 4.31 Å². The highest BCUT2D eigenvalue weighted by molar-refractivity contribution is 7.89. The fraction of sp³-hybridized carbons (Fsp3) is 0.538. The summed E-state index contributed by atoms with van der Waals surface area (Å²) < 4.78 is 26.3. The van der Waals surface area contributed by atoms with Crippen LogP contribution in [0.3, 0.4) is 0 Å². The number of aliphatic hydroxyl groups excluding tert-OH is 1. The molecule has 1 unspecified atom stereocenters. The highest BCUT2D eigenvalue weighted by Gasteiger charge is 2.39. The Bertz CT molecular complexity index is 510. The zero-order valence-electron chi connectivity index (χ0n) is 10.7. The third kappa shape index (κ3) is 2.43. The van der Waals surface area contributed by atoms with Crippen molar-refractivity contribution in [3.05, 3.63) is 30.3 Å². The van der Waals surface area contributed by atoms with E-state index in [0.29, 0.717) is 24.4 Å². The molecule has 4 nitrogen and oxygen atoms in total. The Balaban J connectivity index is 2.28. The second kappa shape index (κ2) is 4.64. The molecule has 0 saturated carbocycles. The van der Waals surface area contributed by atoms with Crippen LogP contribution in [0.5, 0.6) is 0 Å². The Kier molecular flexibility index (Phi) is 3.49. The van der Waals surface area contributed by atoms with Crippen molar-refractivity contribution >= 4 is 10.0 Å². The SMILES string of the molecule is CC1(C)CN(S(=O)(=O)c2ccccc2)CCC1O. The minimum atomic E-state index is -3.43. The number of piperidine rings is 1. The van der Waals surface area contributed by atoms with E-state index in [9.17, 15) is 13.5 Å². The quantitative estimate of drug-likeness (QED) is 0.884. The van der Waals surface area contributed by atoms with Crippen molar-refractivity contribution in [3.8, 4) is 0 Å². The Hall–Kier alpha value is -0.910. The van der Waals surface area contributed by atoms with E-state index in [0.717, 1.165) is 0 Å². The number of nitrogens with zero attached hydrogens (tertiary/aromatic N) is 1. The fourth-order valence-corrected chi connectivity index (χ4v) is 3.89. The molecule has 1 heterocycles. The van der Waals surface area contributed by atoms with Gasteiger partial charge in [-0.15, -0.1) is 0 Å². The summed E-state index contributed by atoms with van der Waals surface area (Å²) in [7, 11) is -3.43. The number of hydrogen-bond donors (Lipinski definition) is 1. The molecule has 1 aromatic carbocycles. The maximum Gasteiger partial charge on any atom is 0.243 e. The number of rotatable bonds is 2. The third-order valence-corrected chi connectivity index (χ3v) is 5.38. The van der Waals surface area contributed by atoms with Crippen LogP contribution in [-0.4, -0.2) is 37.0 Å². The van der Waals surface area contributed by atoms with Crippen LogP contribution in [0, 0.1) is 5.41 Å². The molecule has 0 spiro atoms. The van der Waals surface area contributed by atoms with E-state index in [1.807, 2.05) is 13.8 Å². The van der Waals surface area contributed by atoms with Crippen LogP contribution < -0.4 is 0 Å². The zero-order valence-corrected chi connectivity index (χ0v) is 11.5. The molecule has 100 valence electrons. The Morgan fingerprint density at radius 2 is 1.89 bits per heavy atom. The Labute approximate surface area is 108 Å². The maximum absolute atomic E-state index is 12.4. The van der Waals surface area contributed by atoms with Crippen molar-refractivity contribution in [2.45, 2.75) is 31.3 Å². The molecule has 1 saturated heterocycles. The van der Waals surface area contributed by atoms with E-state index in [-0.39, 0.29) is 0 Å². The van der Waals surface area contributed by atoms with Gasteiger partial charge >= 0.3 is 0 Å². The van der Waals surface area contributed by atoms with Gasteiger partial charge in [-0.05, 0) is 18.6 Å². The van der Waals surface area contributed by atoms with Crippen molar-refractivity contribution in [1.29, 1.82) is 0 Å². The summed E-state index contributed by atoms with van der Waals surface area (Å²) in [5, 5.41) is 9.87. The lowest BCUT2D eigenvalue weighted by Crippen LogP contribution is -2.50. The lowest BCUT2D eigenvalue weighted by Gasteiger charge is -2.40. The van der Waals surface area contributed by atoms with Crippen LogP contribution in [0.1, 0.15) is 20.3 Å². The van der Waals surface area contributed by atoms with Gasteiger partial charge in [0.1, 0.15) is 0 Å².